The second-order valence-corrected chi connectivity index (χ2v) is 4.38. The minimum atomic E-state index is -4.85. The lowest BCUT2D eigenvalue weighted by atomic mass is 10.1. The van der Waals surface area contributed by atoms with Crippen LogP contribution in [0.3, 0.4) is 0 Å². The Labute approximate surface area is 127 Å². The van der Waals surface area contributed by atoms with E-state index < -0.39 is 23.8 Å². The van der Waals surface area contributed by atoms with E-state index in [9.17, 15) is 27.2 Å². The summed E-state index contributed by atoms with van der Waals surface area (Å²) >= 11 is 0. The van der Waals surface area contributed by atoms with Crippen LogP contribution in [0.1, 0.15) is 20.7 Å². The monoisotopic (exact) mass is 327 g/mol. The van der Waals surface area contributed by atoms with Crippen LogP contribution in [0.2, 0.25) is 0 Å². The highest BCUT2D eigenvalue weighted by atomic mass is 19.4. The number of rotatable bonds is 4. The van der Waals surface area contributed by atoms with Crippen LogP contribution >= 0.6 is 0 Å². The number of halogens is 4. The van der Waals surface area contributed by atoms with E-state index in [0.29, 0.717) is 0 Å². The van der Waals surface area contributed by atoms with Crippen molar-refractivity contribution in [3.8, 4) is 5.75 Å². The fourth-order valence-corrected chi connectivity index (χ4v) is 1.75. The van der Waals surface area contributed by atoms with E-state index >= 15 is 0 Å². The Morgan fingerprint density at radius 1 is 1.13 bits per heavy atom. The molecule has 0 aliphatic heterocycles. The first-order valence-corrected chi connectivity index (χ1v) is 6.20. The number of aldehydes is 1. The molecular formula is C15H9F4NO3. The largest absolute Gasteiger partial charge is 0.573 e. The first kappa shape index (κ1) is 16.5. The fourth-order valence-electron chi connectivity index (χ4n) is 1.75. The van der Waals surface area contributed by atoms with Crippen molar-refractivity contribution in [2.75, 3.05) is 5.32 Å². The zero-order chi connectivity index (χ0) is 17.0. The molecule has 1 amide bonds. The van der Waals surface area contributed by atoms with Gasteiger partial charge in [0.05, 0.1) is 5.56 Å². The molecule has 2 aromatic rings. The summed E-state index contributed by atoms with van der Waals surface area (Å²) in [5.41, 5.74) is -0.267. The van der Waals surface area contributed by atoms with Gasteiger partial charge in [-0.3, -0.25) is 9.59 Å². The number of alkyl halides is 3. The topological polar surface area (TPSA) is 55.4 Å². The molecular weight excluding hydrogens is 318 g/mol. The van der Waals surface area contributed by atoms with Gasteiger partial charge in [-0.15, -0.1) is 13.2 Å². The van der Waals surface area contributed by atoms with Crippen LogP contribution in [0.25, 0.3) is 0 Å². The van der Waals surface area contributed by atoms with Gasteiger partial charge in [0.2, 0.25) is 0 Å². The Kier molecular flexibility index (Phi) is 4.63. The van der Waals surface area contributed by atoms with Gasteiger partial charge in [-0.1, -0.05) is 6.07 Å². The second-order valence-electron chi connectivity index (χ2n) is 4.38. The minimum Gasteiger partial charge on any atom is -0.406 e. The molecule has 0 saturated carbocycles. The number of carbonyl (C=O) groups is 2. The molecule has 120 valence electrons. The summed E-state index contributed by atoms with van der Waals surface area (Å²) in [5.74, 6) is -1.99. The minimum absolute atomic E-state index is 0.0179. The average molecular weight is 327 g/mol. The molecule has 0 fully saturated rings. The summed E-state index contributed by atoms with van der Waals surface area (Å²) in [7, 11) is 0. The van der Waals surface area contributed by atoms with Crippen LogP contribution in [-0.4, -0.2) is 18.6 Å². The number of ether oxygens (including phenoxy) is 1. The van der Waals surface area contributed by atoms with E-state index in [0.717, 1.165) is 30.3 Å². The maximum atomic E-state index is 13.2. The second kappa shape index (κ2) is 6.47. The van der Waals surface area contributed by atoms with Gasteiger partial charge in [0.15, 0.2) is 6.29 Å². The summed E-state index contributed by atoms with van der Waals surface area (Å²) in [4.78, 5) is 22.6. The molecule has 0 heterocycles. The maximum Gasteiger partial charge on any atom is 0.573 e. The van der Waals surface area contributed by atoms with Crippen LogP contribution in [0.4, 0.5) is 23.2 Å². The third-order valence-electron chi connectivity index (χ3n) is 2.71. The first-order valence-electron chi connectivity index (χ1n) is 6.20. The predicted molar refractivity (Wildman–Crippen MR) is 72.9 cm³/mol. The lowest BCUT2D eigenvalue weighted by molar-refractivity contribution is -0.274. The molecule has 0 aromatic heterocycles. The van der Waals surface area contributed by atoms with E-state index in [1.54, 1.807) is 0 Å². The number of anilines is 1. The van der Waals surface area contributed by atoms with Gasteiger partial charge in [0.1, 0.15) is 11.6 Å². The zero-order valence-electron chi connectivity index (χ0n) is 11.4. The molecule has 8 heteroatoms. The zero-order valence-corrected chi connectivity index (χ0v) is 11.4. The van der Waals surface area contributed by atoms with Crippen molar-refractivity contribution in [1.82, 2.24) is 0 Å². The molecule has 1 N–H and O–H groups in total. The number of nitrogens with one attached hydrogen (secondary N) is 1. The maximum absolute atomic E-state index is 13.2. The van der Waals surface area contributed by atoms with Crippen LogP contribution in [-0.2, 0) is 0 Å². The Morgan fingerprint density at radius 3 is 2.52 bits per heavy atom. The van der Waals surface area contributed by atoms with Gasteiger partial charge < -0.3 is 10.1 Å². The fraction of sp³-hybridized carbons (Fsp3) is 0.0667. The van der Waals surface area contributed by atoms with Crippen LogP contribution < -0.4 is 10.1 Å². The summed E-state index contributed by atoms with van der Waals surface area (Å²) in [6, 6.07) is 7.80. The molecule has 0 atom stereocenters. The third-order valence-corrected chi connectivity index (χ3v) is 2.71. The summed E-state index contributed by atoms with van der Waals surface area (Å²) in [5, 5.41) is 2.33. The molecule has 4 nitrogen and oxygen atoms in total. The molecule has 0 radical (unpaired) electrons. The third kappa shape index (κ3) is 4.53. The van der Waals surface area contributed by atoms with Crippen LogP contribution in [0.15, 0.2) is 42.5 Å². The van der Waals surface area contributed by atoms with Gasteiger partial charge in [-0.25, -0.2) is 4.39 Å². The van der Waals surface area contributed by atoms with Crippen molar-refractivity contribution in [3.63, 3.8) is 0 Å². The lowest BCUT2D eigenvalue weighted by Gasteiger charge is -2.11. The highest BCUT2D eigenvalue weighted by Crippen LogP contribution is 2.25. The standard InChI is InChI=1S/C15H9F4NO3/c16-13-5-4-9(6-10(13)8-21)14(22)20-11-2-1-3-12(7-11)23-15(17,18)19/h1-8H,(H,20,22). The van der Waals surface area contributed by atoms with Gasteiger partial charge in [-0.2, -0.15) is 0 Å². The van der Waals surface area contributed by atoms with Crippen molar-refractivity contribution in [2.24, 2.45) is 0 Å². The molecule has 0 unspecified atom stereocenters. The van der Waals surface area contributed by atoms with Gasteiger partial charge >= 0.3 is 6.36 Å². The Morgan fingerprint density at radius 2 is 1.87 bits per heavy atom. The SMILES string of the molecule is O=Cc1cc(C(=O)Nc2cccc(OC(F)(F)F)c2)ccc1F. The molecule has 2 aromatic carbocycles. The molecule has 0 spiro atoms. The molecule has 0 saturated heterocycles. The summed E-state index contributed by atoms with van der Waals surface area (Å²) < 4.78 is 53.4. The van der Waals surface area contributed by atoms with Crippen LogP contribution in [0.5, 0.6) is 5.75 Å². The highest BCUT2D eigenvalue weighted by molar-refractivity contribution is 6.05. The molecule has 2 rings (SSSR count). The lowest BCUT2D eigenvalue weighted by Crippen LogP contribution is -2.17. The van der Waals surface area contributed by atoms with Crippen LogP contribution in [0, 0.1) is 5.82 Å². The van der Waals surface area contributed by atoms with Gasteiger partial charge in [0.25, 0.3) is 5.91 Å². The van der Waals surface area contributed by atoms with Gasteiger partial charge in [0, 0.05) is 17.3 Å². The van der Waals surface area contributed by atoms with Crippen molar-refractivity contribution in [3.05, 3.63) is 59.4 Å². The van der Waals surface area contributed by atoms with Gasteiger partial charge in [-0.05, 0) is 30.3 Å². The van der Waals surface area contributed by atoms with Crippen molar-refractivity contribution in [1.29, 1.82) is 0 Å². The summed E-state index contributed by atoms with van der Waals surface area (Å²) in [6.45, 7) is 0. The van der Waals surface area contributed by atoms with E-state index in [1.165, 1.54) is 12.1 Å². The number of hydrogen-bond donors (Lipinski definition) is 1. The van der Waals surface area contributed by atoms with E-state index in [1.807, 2.05) is 0 Å². The molecule has 23 heavy (non-hydrogen) atoms. The smallest absolute Gasteiger partial charge is 0.406 e. The number of benzene rings is 2. The normalized spacial score (nSPS) is 11.0. The molecule has 0 aliphatic carbocycles. The number of carbonyl (C=O) groups excluding carboxylic acids is 2. The molecule has 0 aliphatic rings. The Hall–Kier alpha value is -2.90. The number of amides is 1. The predicted octanol–water partition coefficient (Wildman–Crippen LogP) is 3.79. The Bertz CT molecular complexity index is 744. The Balaban J connectivity index is 2.17. The first-order chi connectivity index (χ1) is 10.8. The van der Waals surface area contributed by atoms with E-state index in [4.69, 9.17) is 0 Å². The summed E-state index contributed by atoms with van der Waals surface area (Å²) in [6.07, 6.45) is -4.59. The number of hydrogen-bond acceptors (Lipinski definition) is 3. The van der Waals surface area contributed by atoms with E-state index in [-0.39, 0.29) is 23.1 Å². The van der Waals surface area contributed by atoms with E-state index in [2.05, 4.69) is 10.1 Å². The highest BCUT2D eigenvalue weighted by Gasteiger charge is 2.31. The van der Waals surface area contributed by atoms with Crippen molar-refractivity contribution >= 4 is 17.9 Å². The van der Waals surface area contributed by atoms with Crippen molar-refractivity contribution < 1.29 is 31.9 Å². The van der Waals surface area contributed by atoms with Crippen molar-refractivity contribution in [2.45, 2.75) is 6.36 Å². The molecule has 0 bridgehead atoms. The average Bonchev–Trinajstić information content (AvgIpc) is 2.46. The quantitative estimate of drug-likeness (QED) is 0.687.